The van der Waals surface area contributed by atoms with Crippen LogP contribution in [0.3, 0.4) is 0 Å². The molecule has 0 fully saturated rings. The number of halogens is 1. The first kappa shape index (κ1) is 8.32. The second kappa shape index (κ2) is 4.22. The molecule has 0 saturated carbocycles. The molecule has 0 amide bonds. The molecule has 0 aliphatic carbocycles. The fourth-order valence-corrected chi connectivity index (χ4v) is 0.540. The Morgan fingerprint density at radius 2 is 2.25 bits per heavy atom. The third-order valence-corrected chi connectivity index (χ3v) is 2.03. The molecular formula is C5H13FNP. The predicted octanol–water partition coefficient (Wildman–Crippen LogP) is 0.807. The zero-order chi connectivity index (χ0) is 6.57. The van der Waals surface area contributed by atoms with Crippen LogP contribution in [0, 0.1) is 0 Å². The Labute approximate surface area is 52.2 Å². The van der Waals surface area contributed by atoms with Gasteiger partial charge in [-0.2, -0.15) is 0 Å². The molecule has 0 rings (SSSR count). The average molecular weight is 137 g/mol. The average Bonchev–Trinajstić information content (AvgIpc) is 1.84. The van der Waals surface area contributed by atoms with E-state index in [-0.39, 0.29) is 18.4 Å². The second-order valence-electron chi connectivity index (χ2n) is 1.90. The SMILES string of the molecule is CNC(C)C(P)CF. The van der Waals surface area contributed by atoms with Gasteiger partial charge in [-0.05, 0) is 14.0 Å². The van der Waals surface area contributed by atoms with Crippen LogP contribution in [0.4, 0.5) is 4.39 Å². The summed E-state index contributed by atoms with van der Waals surface area (Å²) in [5, 5.41) is 2.95. The van der Waals surface area contributed by atoms with Gasteiger partial charge in [-0.1, -0.05) is 0 Å². The maximum absolute atomic E-state index is 11.8. The Kier molecular flexibility index (Phi) is 4.39. The topological polar surface area (TPSA) is 12.0 Å². The fourth-order valence-electron chi connectivity index (χ4n) is 0.348. The lowest BCUT2D eigenvalue weighted by Crippen LogP contribution is -2.31. The van der Waals surface area contributed by atoms with E-state index in [2.05, 4.69) is 14.6 Å². The number of nitrogens with one attached hydrogen (secondary N) is 1. The van der Waals surface area contributed by atoms with Crippen molar-refractivity contribution in [3.05, 3.63) is 0 Å². The smallest absolute Gasteiger partial charge is 0.0971 e. The van der Waals surface area contributed by atoms with E-state index in [0.717, 1.165) is 0 Å². The van der Waals surface area contributed by atoms with Gasteiger partial charge in [-0.3, -0.25) is 4.39 Å². The van der Waals surface area contributed by atoms with Crippen LogP contribution in [0.5, 0.6) is 0 Å². The number of alkyl halides is 1. The van der Waals surface area contributed by atoms with Gasteiger partial charge in [0.1, 0.15) is 0 Å². The van der Waals surface area contributed by atoms with Crippen molar-refractivity contribution in [2.24, 2.45) is 0 Å². The van der Waals surface area contributed by atoms with Crippen molar-refractivity contribution in [2.75, 3.05) is 13.7 Å². The van der Waals surface area contributed by atoms with Crippen molar-refractivity contribution < 1.29 is 4.39 Å². The normalized spacial score (nSPS) is 18.0. The lowest BCUT2D eigenvalue weighted by Gasteiger charge is -2.14. The maximum atomic E-state index is 11.8. The van der Waals surface area contributed by atoms with Gasteiger partial charge in [-0.15, -0.1) is 9.24 Å². The fraction of sp³-hybridized carbons (Fsp3) is 1.00. The molecular weight excluding hydrogens is 124 g/mol. The molecule has 3 atom stereocenters. The summed E-state index contributed by atoms with van der Waals surface area (Å²) >= 11 is 0. The zero-order valence-corrected chi connectivity index (χ0v) is 6.47. The van der Waals surface area contributed by atoms with Gasteiger partial charge in [0, 0.05) is 11.7 Å². The summed E-state index contributed by atoms with van der Waals surface area (Å²) in [5.74, 6) is 0. The Hall–Kier alpha value is 0.320. The van der Waals surface area contributed by atoms with Crippen LogP contribution in [0.1, 0.15) is 6.92 Å². The minimum atomic E-state index is -0.271. The van der Waals surface area contributed by atoms with E-state index in [1.807, 2.05) is 14.0 Å². The minimum Gasteiger partial charge on any atom is -0.317 e. The van der Waals surface area contributed by atoms with Crippen LogP contribution in [-0.4, -0.2) is 25.4 Å². The van der Waals surface area contributed by atoms with Crippen LogP contribution in [-0.2, 0) is 0 Å². The van der Waals surface area contributed by atoms with E-state index in [4.69, 9.17) is 0 Å². The van der Waals surface area contributed by atoms with Gasteiger partial charge in [0.2, 0.25) is 0 Å². The number of hydrogen-bond donors (Lipinski definition) is 1. The van der Waals surface area contributed by atoms with E-state index < -0.39 is 0 Å². The highest BCUT2D eigenvalue weighted by Crippen LogP contribution is 2.04. The van der Waals surface area contributed by atoms with E-state index in [1.165, 1.54) is 0 Å². The summed E-state index contributed by atoms with van der Waals surface area (Å²) in [5.41, 5.74) is 0.0556. The Morgan fingerprint density at radius 3 is 2.38 bits per heavy atom. The molecule has 8 heavy (non-hydrogen) atoms. The third-order valence-electron chi connectivity index (χ3n) is 1.28. The van der Waals surface area contributed by atoms with Crippen LogP contribution < -0.4 is 5.32 Å². The number of rotatable bonds is 3. The molecule has 50 valence electrons. The predicted molar refractivity (Wildman–Crippen MR) is 38.0 cm³/mol. The van der Waals surface area contributed by atoms with E-state index >= 15 is 0 Å². The number of hydrogen-bond acceptors (Lipinski definition) is 1. The maximum Gasteiger partial charge on any atom is 0.0971 e. The monoisotopic (exact) mass is 137 g/mol. The highest BCUT2D eigenvalue weighted by atomic mass is 31.0. The van der Waals surface area contributed by atoms with Crippen LogP contribution >= 0.6 is 9.24 Å². The van der Waals surface area contributed by atoms with Crippen LogP contribution in [0.25, 0.3) is 0 Å². The van der Waals surface area contributed by atoms with Crippen molar-refractivity contribution in [3.63, 3.8) is 0 Å². The van der Waals surface area contributed by atoms with Crippen molar-refractivity contribution in [1.82, 2.24) is 5.32 Å². The quantitative estimate of drug-likeness (QED) is 0.567. The van der Waals surface area contributed by atoms with E-state index in [9.17, 15) is 4.39 Å². The summed E-state index contributed by atoms with van der Waals surface area (Å²) in [6.45, 7) is 1.68. The molecule has 0 spiro atoms. The lowest BCUT2D eigenvalue weighted by molar-refractivity contribution is 0.434. The van der Waals surface area contributed by atoms with E-state index in [1.54, 1.807) is 0 Å². The molecule has 1 N–H and O–H groups in total. The molecule has 0 aromatic rings. The first-order chi connectivity index (χ1) is 3.72. The van der Waals surface area contributed by atoms with E-state index in [0.29, 0.717) is 0 Å². The second-order valence-corrected chi connectivity index (χ2v) is 2.75. The molecule has 3 unspecified atom stereocenters. The Balaban J connectivity index is 3.29. The third kappa shape index (κ3) is 2.58. The van der Waals surface area contributed by atoms with Gasteiger partial charge in [-0.25, -0.2) is 0 Å². The van der Waals surface area contributed by atoms with Gasteiger partial charge >= 0.3 is 0 Å². The molecule has 0 bridgehead atoms. The van der Waals surface area contributed by atoms with Crippen molar-refractivity contribution in [1.29, 1.82) is 0 Å². The highest BCUT2D eigenvalue weighted by molar-refractivity contribution is 7.17. The molecule has 0 heterocycles. The first-order valence-electron chi connectivity index (χ1n) is 2.71. The molecule has 0 saturated heterocycles. The van der Waals surface area contributed by atoms with Crippen molar-refractivity contribution in [2.45, 2.75) is 18.6 Å². The standard InChI is InChI=1S/C5H13FNP/c1-4(7-2)5(8)3-6/h4-5,7H,3,8H2,1-2H3. The Morgan fingerprint density at radius 1 is 1.75 bits per heavy atom. The Bertz CT molecular complexity index is 52.4. The summed E-state index contributed by atoms with van der Waals surface area (Å²) in [6.07, 6.45) is 0. The van der Waals surface area contributed by atoms with Gasteiger partial charge in [0.15, 0.2) is 0 Å². The summed E-state index contributed by atoms with van der Waals surface area (Å²) < 4.78 is 11.8. The summed E-state index contributed by atoms with van der Waals surface area (Å²) in [7, 11) is 4.29. The molecule has 0 aromatic carbocycles. The summed E-state index contributed by atoms with van der Waals surface area (Å²) in [4.78, 5) is 0. The molecule has 0 aliphatic heterocycles. The van der Waals surface area contributed by atoms with Gasteiger partial charge < -0.3 is 5.32 Å². The lowest BCUT2D eigenvalue weighted by atomic mass is 10.2. The van der Waals surface area contributed by atoms with Crippen molar-refractivity contribution in [3.8, 4) is 0 Å². The summed E-state index contributed by atoms with van der Waals surface area (Å²) in [6, 6.07) is 0.255. The highest BCUT2D eigenvalue weighted by Gasteiger charge is 2.07. The van der Waals surface area contributed by atoms with Gasteiger partial charge in [0.25, 0.3) is 0 Å². The molecule has 0 radical (unpaired) electrons. The van der Waals surface area contributed by atoms with Crippen molar-refractivity contribution >= 4 is 9.24 Å². The molecule has 3 heteroatoms. The molecule has 0 aliphatic rings. The first-order valence-corrected chi connectivity index (χ1v) is 3.37. The largest absolute Gasteiger partial charge is 0.317 e. The minimum absolute atomic E-state index is 0.0556. The van der Waals surface area contributed by atoms with Crippen LogP contribution in [0.2, 0.25) is 0 Å². The van der Waals surface area contributed by atoms with Crippen LogP contribution in [0.15, 0.2) is 0 Å². The van der Waals surface area contributed by atoms with Gasteiger partial charge in [0.05, 0.1) is 6.67 Å². The molecule has 0 aromatic heterocycles. The zero-order valence-electron chi connectivity index (χ0n) is 5.32. The molecule has 1 nitrogen and oxygen atoms in total.